The molecule has 1 heterocycles. The molecule has 0 spiro atoms. The van der Waals surface area contributed by atoms with E-state index in [0.29, 0.717) is 43.2 Å². The third-order valence-corrected chi connectivity index (χ3v) is 3.23. The molecular formula is C15H21NO4. The topological polar surface area (TPSA) is 59.0 Å². The molecule has 1 aromatic rings. The van der Waals surface area contributed by atoms with Crippen LogP contribution in [-0.4, -0.2) is 48.3 Å². The van der Waals surface area contributed by atoms with Crippen molar-refractivity contribution in [3.8, 4) is 11.5 Å². The molecule has 5 nitrogen and oxygen atoms in total. The average molecular weight is 279 g/mol. The molecule has 110 valence electrons. The van der Waals surface area contributed by atoms with E-state index in [1.165, 1.54) is 0 Å². The van der Waals surface area contributed by atoms with Crippen LogP contribution in [0.25, 0.3) is 0 Å². The minimum atomic E-state index is -0.0505. The number of aliphatic hydroxyl groups is 1. The number of carbonyl (C=O) groups is 1. The maximum Gasteiger partial charge on any atom is 0.254 e. The lowest BCUT2D eigenvalue weighted by Crippen LogP contribution is -2.38. The van der Waals surface area contributed by atoms with Gasteiger partial charge >= 0.3 is 0 Å². The quantitative estimate of drug-likeness (QED) is 0.891. The number of hydrogen-bond donors (Lipinski definition) is 1. The van der Waals surface area contributed by atoms with Crippen LogP contribution >= 0.6 is 0 Å². The summed E-state index contributed by atoms with van der Waals surface area (Å²) in [6, 6.07) is 5.34. The van der Waals surface area contributed by atoms with E-state index in [-0.39, 0.29) is 18.6 Å². The molecule has 0 unspecified atom stereocenters. The van der Waals surface area contributed by atoms with Gasteiger partial charge in [-0.15, -0.1) is 0 Å². The van der Waals surface area contributed by atoms with Crippen LogP contribution in [0.3, 0.4) is 0 Å². The highest BCUT2D eigenvalue weighted by atomic mass is 16.6. The first-order valence-corrected chi connectivity index (χ1v) is 6.95. The molecule has 1 aliphatic rings. The van der Waals surface area contributed by atoms with Gasteiger partial charge in [-0.25, -0.2) is 0 Å². The third-order valence-electron chi connectivity index (χ3n) is 3.23. The Morgan fingerprint density at radius 1 is 1.30 bits per heavy atom. The van der Waals surface area contributed by atoms with E-state index in [4.69, 9.17) is 14.6 Å². The molecule has 0 aromatic heterocycles. The predicted molar refractivity (Wildman–Crippen MR) is 75.3 cm³/mol. The normalized spacial score (nSPS) is 13.4. The number of fused-ring (bicyclic) bond motifs is 1. The van der Waals surface area contributed by atoms with Gasteiger partial charge < -0.3 is 19.5 Å². The number of hydrogen-bond acceptors (Lipinski definition) is 4. The lowest BCUT2D eigenvalue weighted by atomic mass is 10.1. The molecule has 1 N–H and O–H groups in total. The van der Waals surface area contributed by atoms with Crippen molar-refractivity contribution < 1.29 is 19.4 Å². The first-order valence-electron chi connectivity index (χ1n) is 6.95. The molecule has 0 saturated heterocycles. The summed E-state index contributed by atoms with van der Waals surface area (Å²) < 4.78 is 10.9. The molecule has 5 heteroatoms. The number of rotatable bonds is 5. The van der Waals surface area contributed by atoms with Crippen LogP contribution < -0.4 is 9.47 Å². The van der Waals surface area contributed by atoms with E-state index in [2.05, 4.69) is 0 Å². The molecule has 1 aromatic carbocycles. The molecule has 20 heavy (non-hydrogen) atoms. The van der Waals surface area contributed by atoms with Crippen LogP contribution in [0, 0.1) is 0 Å². The molecule has 1 amide bonds. The zero-order chi connectivity index (χ0) is 14.5. The van der Waals surface area contributed by atoms with Crippen molar-refractivity contribution in [1.29, 1.82) is 0 Å². The summed E-state index contributed by atoms with van der Waals surface area (Å²) in [4.78, 5) is 14.3. The van der Waals surface area contributed by atoms with Crippen LogP contribution in [0.2, 0.25) is 0 Å². The van der Waals surface area contributed by atoms with Gasteiger partial charge in [-0.05, 0) is 38.5 Å². The Balaban J connectivity index is 2.18. The lowest BCUT2D eigenvalue weighted by molar-refractivity contribution is 0.0692. The molecular weight excluding hydrogens is 258 g/mol. The molecule has 1 aliphatic heterocycles. The van der Waals surface area contributed by atoms with E-state index in [1.807, 2.05) is 13.8 Å². The number of amides is 1. The van der Waals surface area contributed by atoms with Crippen LogP contribution in [0.5, 0.6) is 11.5 Å². The summed E-state index contributed by atoms with van der Waals surface area (Å²) in [5.41, 5.74) is 0.584. The van der Waals surface area contributed by atoms with Crippen LogP contribution in [0.15, 0.2) is 18.2 Å². The Labute approximate surface area is 119 Å². The Hall–Kier alpha value is -1.75. The van der Waals surface area contributed by atoms with Gasteiger partial charge in [0.15, 0.2) is 11.5 Å². The van der Waals surface area contributed by atoms with Crippen molar-refractivity contribution in [3.05, 3.63) is 23.8 Å². The van der Waals surface area contributed by atoms with Crippen LogP contribution in [-0.2, 0) is 0 Å². The van der Waals surface area contributed by atoms with Gasteiger partial charge in [-0.2, -0.15) is 0 Å². The van der Waals surface area contributed by atoms with Crippen molar-refractivity contribution in [2.24, 2.45) is 0 Å². The van der Waals surface area contributed by atoms with E-state index in [1.54, 1.807) is 23.1 Å². The summed E-state index contributed by atoms with van der Waals surface area (Å²) in [6.07, 6.45) is 0.578. The summed E-state index contributed by atoms with van der Waals surface area (Å²) >= 11 is 0. The van der Waals surface area contributed by atoms with Gasteiger partial charge in [0.25, 0.3) is 5.91 Å². The van der Waals surface area contributed by atoms with Gasteiger partial charge in [-0.3, -0.25) is 4.79 Å². The zero-order valence-corrected chi connectivity index (χ0v) is 12.0. The first-order chi connectivity index (χ1) is 9.63. The number of nitrogens with zero attached hydrogens (tertiary/aromatic N) is 1. The summed E-state index contributed by atoms with van der Waals surface area (Å²) in [6.45, 7) is 5.59. The van der Waals surface area contributed by atoms with Crippen molar-refractivity contribution in [3.63, 3.8) is 0 Å². The maximum absolute atomic E-state index is 12.5. The fourth-order valence-corrected chi connectivity index (χ4v) is 2.18. The minimum absolute atomic E-state index is 0.0505. The first kappa shape index (κ1) is 14.7. The largest absolute Gasteiger partial charge is 0.486 e. The van der Waals surface area contributed by atoms with Gasteiger partial charge in [0, 0.05) is 24.8 Å². The Bertz CT molecular complexity index is 473. The van der Waals surface area contributed by atoms with E-state index < -0.39 is 0 Å². The molecule has 0 bridgehead atoms. The van der Waals surface area contributed by atoms with E-state index >= 15 is 0 Å². The number of benzene rings is 1. The second kappa shape index (κ2) is 6.61. The maximum atomic E-state index is 12.5. The smallest absolute Gasteiger partial charge is 0.254 e. The fourth-order valence-electron chi connectivity index (χ4n) is 2.18. The number of aliphatic hydroxyl groups excluding tert-OH is 1. The molecule has 2 rings (SSSR count). The molecule has 0 aliphatic carbocycles. The van der Waals surface area contributed by atoms with Gasteiger partial charge in [0.2, 0.25) is 0 Å². The van der Waals surface area contributed by atoms with Crippen molar-refractivity contribution in [2.75, 3.05) is 26.4 Å². The van der Waals surface area contributed by atoms with Gasteiger partial charge in [-0.1, -0.05) is 0 Å². The van der Waals surface area contributed by atoms with Crippen LogP contribution in [0.4, 0.5) is 0 Å². The molecule has 0 radical (unpaired) electrons. The highest BCUT2D eigenvalue weighted by molar-refractivity contribution is 5.95. The Morgan fingerprint density at radius 3 is 2.65 bits per heavy atom. The standard InChI is InChI=1S/C15H21NO4/c1-11(2)16(6-3-7-17)15(18)12-4-5-13-14(10-12)20-9-8-19-13/h4-5,10-11,17H,3,6-9H2,1-2H3. The third kappa shape index (κ3) is 3.22. The molecule has 0 atom stereocenters. The Morgan fingerprint density at radius 2 is 2.00 bits per heavy atom. The lowest BCUT2D eigenvalue weighted by Gasteiger charge is -2.27. The van der Waals surface area contributed by atoms with E-state index in [9.17, 15) is 4.79 Å². The predicted octanol–water partition coefficient (Wildman–Crippen LogP) is 1.69. The molecule has 0 saturated carbocycles. The fraction of sp³-hybridized carbons (Fsp3) is 0.533. The highest BCUT2D eigenvalue weighted by Crippen LogP contribution is 2.31. The molecule has 0 fully saturated rings. The zero-order valence-electron chi connectivity index (χ0n) is 12.0. The van der Waals surface area contributed by atoms with Gasteiger partial charge in [0.05, 0.1) is 0 Å². The summed E-state index contributed by atoms with van der Waals surface area (Å²) in [5, 5.41) is 8.93. The average Bonchev–Trinajstić information content (AvgIpc) is 2.46. The number of carbonyl (C=O) groups excluding carboxylic acids is 1. The van der Waals surface area contributed by atoms with Crippen molar-refractivity contribution in [1.82, 2.24) is 4.90 Å². The van der Waals surface area contributed by atoms with Crippen molar-refractivity contribution in [2.45, 2.75) is 26.3 Å². The van der Waals surface area contributed by atoms with Crippen molar-refractivity contribution >= 4 is 5.91 Å². The van der Waals surface area contributed by atoms with Crippen LogP contribution in [0.1, 0.15) is 30.6 Å². The van der Waals surface area contributed by atoms with Gasteiger partial charge in [0.1, 0.15) is 13.2 Å². The summed E-state index contributed by atoms with van der Waals surface area (Å²) in [7, 11) is 0. The number of ether oxygens (including phenoxy) is 2. The summed E-state index contributed by atoms with van der Waals surface area (Å²) in [5.74, 6) is 1.25. The second-order valence-corrected chi connectivity index (χ2v) is 5.03. The highest BCUT2D eigenvalue weighted by Gasteiger charge is 2.21. The van der Waals surface area contributed by atoms with E-state index in [0.717, 1.165) is 0 Å². The Kier molecular flexibility index (Phi) is 4.84. The SMILES string of the molecule is CC(C)N(CCCO)C(=O)c1ccc2c(c1)OCCO2. The minimum Gasteiger partial charge on any atom is -0.486 e. The monoisotopic (exact) mass is 279 g/mol. The second-order valence-electron chi connectivity index (χ2n) is 5.03.